The molecule has 0 heterocycles. The van der Waals surface area contributed by atoms with Crippen molar-refractivity contribution >= 4 is 5.97 Å². The Balaban J connectivity index is 1.91. The molecule has 4 nitrogen and oxygen atoms in total. The third kappa shape index (κ3) is 7.06. The zero-order valence-electron chi connectivity index (χ0n) is 16.6. The molecule has 0 bridgehead atoms. The minimum absolute atomic E-state index is 0.262. The predicted molar refractivity (Wildman–Crippen MR) is 108 cm³/mol. The lowest BCUT2D eigenvalue weighted by Crippen LogP contribution is -2.20. The molecule has 0 aliphatic carbocycles. The lowest BCUT2D eigenvalue weighted by molar-refractivity contribution is 0.00440. The van der Waals surface area contributed by atoms with Crippen LogP contribution in [0.15, 0.2) is 48.5 Å². The Bertz CT molecular complexity index is 677. The van der Waals surface area contributed by atoms with Crippen molar-refractivity contribution < 1.29 is 19.0 Å². The van der Waals surface area contributed by atoms with Crippen LogP contribution < -0.4 is 4.74 Å². The summed E-state index contributed by atoms with van der Waals surface area (Å²) in [6.07, 6.45) is 3.20. The molecule has 0 saturated carbocycles. The standard InChI is InChI=1S/C23H30O4/c1-4-6-7-16-26-22-14-12-20(13-15-22)19-8-10-21(11-9-19)23(24)27-18(3)17-25-5-2/h8-15,18H,4-7,16-17H2,1-3H3. The van der Waals surface area contributed by atoms with Gasteiger partial charge in [-0.15, -0.1) is 0 Å². The first kappa shape index (κ1) is 21.0. The molecule has 0 aliphatic heterocycles. The highest BCUT2D eigenvalue weighted by atomic mass is 16.6. The van der Waals surface area contributed by atoms with E-state index in [1.54, 1.807) is 12.1 Å². The smallest absolute Gasteiger partial charge is 0.338 e. The highest BCUT2D eigenvalue weighted by Gasteiger charge is 2.12. The van der Waals surface area contributed by atoms with Crippen LogP contribution >= 0.6 is 0 Å². The van der Waals surface area contributed by atoms with Gasteiger partial charge in [-0.25, -0.2) is 4.79 Å². The number of hydrogen-bond donors (Lipinski definition) is 0. The Morgan fingerprint density at radius 3 is 2.15 bits per heavy atom. The number of esters is 1. The highest BCUT2D eigenvalue weighted by molar-refractivity contribution is 5.90. The summed E-state index contributed by atoms with van der Waals surface area (Å²) in [7, 11) is 0. The van der Waals surface area contributed by atoms with E-state index in [-0.39, 0.29) is 12.1 Å². The van der Waals surface area contributed by atoms with Crippen LogP contribution in [0, 0.1) is 0 Å². The average Bonchev–Trinajstić information content (AvgIpc) is 2.70. The zero-order chi connectivity index (χ0) is 19.5. The molecular formula is C23H30O4. The van der Waals surface area contributed by atoms with Gasteiger partial charge >= 0.3 is 5.97 Å². The van der Waals surface area contributed by atoms with Gasteiger partial charge in [-0.3, -0.25) is 0 Å². The molecule has 2 aromatic rings. The Hall–Kier alpha value is -2.33. The van der Waals surface area contributed by atoms with Crippen LogP contribution in [0.5, 0.6) is 5.75 Å². The van der Waals surface area contributed by atoms with Crippen LogP contribution in [0.4, 0.5) is 0 Å². The maximum absolute atomic E-state index is 12.2. The molecule has 0 N–H and O–H groups in total. The second kappa shape index (κ2) is 11.4. The molecule has 4 heteroatoms. The number of hydrogen-bond acceptors (Lipinski definition) is 4. The average molecular weight is 370 g/mol. The predicted octanol–water partition coefficient (Wildman–Crippen LogP) is 5.50. The van der Waals surface area contributed by atoms with E-state index in [1.165, 1.54) is 12.8 Å². The van der Waals surface area contributed by atoms with Gasteiger partial charge in [-0.1, -0.05) is 44.0 Å². The fraction of sp³-hybridized carbons (Fsp3) is 0.435. The van der Waals surface area contributed by atoms with Crippen LogP contribution in [-0.2, 0) is 9.47 Å². The number of ether oxygens (including phenoxy) is 3. The molecule has 0 aliphatic rings. The Kier molecular flexibility index (Phi) is 8.85. The molecule has 0 radical (unpaired) electrons. The summed E-state index contributed by atoms with van der Waals surface area (Å²) in [5, 5.41) is 0. The summed E-state index contributed by atoms with van der Waals surface area (Å²) >= 11 is 0. The molecule has 1 unspecified atom stereocenters. The molecule has 27 heavy (non-hydrogen) atoms. The van der Waals surface area contributed by atoms with Gasteiger partial charge in [0, 0.05) is 6.61 Å². The van der Waals surface area contributed by atoms with Crippen LogP contribution in [0.2, 0.25) is 0 Å². The first-order chi connectivity index (χ1) is 13.1. The van der Waals surface area contributed by atoms with E-state index in [0.29, 0.717) is 18.8 Å². The van der Waals surface area contributed by atoms with Gasteiger partial charge in [0.25, 0.3) is 0 Å². The summed E-state index contributed by atoms with van der Waals surface area (Å²) in [6.45, 7) is 7.70. The van der Waals surface area contributed by atoms with Crippen LogP contribution in [0.1, 0.15) is 50.4 Å². The fourth-order valence-corrected chi connectivity index (χ4v) is 2.65. The van der Waals surface area contributed by atoms with Crippen molar-refractivity contribution in [3.05, 3.63) is 54.1 Å². The fourth-order valence-electron chi connectivity index (χ4n) is 2.65. The number of rotatable bonds is 11. The van der Waals surface area contributed by atoms with Crippen molar-refractivity contribution in [2.75, 3.05) is 19.8 Å². The summed E-state index contributed by atoms with van der Waals surface area (Å²) in [6, 6.07) is 15.5. The van der Waals surface area contributed by atoms with Crippen molar-refractivity contribution in [3.8, 4) is 16.9 Å². The summed E-state index contributed by atoms with van der Waals surface area (Å²) in [5.41, 5.74) is 2.67. The van der Waals surface area contributed by atoms with Crippen molar-refractivity contribution in [2.24, 2.45) is 0 Å². The maximum atomic E-state index is 12.2. The van der Waals surface area contributed by atoms with E-state index in [1.807, 2.05) is 50.2 Å². The van der Waals surface area contributed by atoms with Crippen molar-refractivity contribution in [2.45, 2.75) is 46.1 Å². The minimum atomic E-state index is -0.329. The minimum Gasteiger partial charge on any atom is -0.494 e. The van der Waals surface area contributed by atoms with Gasteiger partial charge in [0.05, 0.1) is 18.8 Å². The van der Waals surface area contributed by atoms with Crippen molar-refractivity contribution in [1.29, 1.82) is 0 Å². The summed E-state index contributed by atoms with van der Waals surface area (Å²) < 4.78 is 16.4. The molecule has 146 valence electrons. The number of benzene rings is 2. The van der Waals surface area contributed by atoms with Gasteiger partial charge in [-0.2, -0.15) is 0 Å². The molecule has 0 amide bonds. The zero-order valence-corrected chi connectivity index (χ0v) is 16.6. The largest absolute Gasteiger partial charge is 0.494 e. The molecule has 1 atom stereocenters. The van der Waals surface area contributed by atoms with E-state index in [4.69, 9.17) is 14.2 Å². The monoisotopic (exact) mass is 370 g/mol. The summed E-state index contributed by atoms with van der Waals surface area (Å²) in [4.78, 5) is 12.2. The second-order valence-corrected chi connectivity index (χ2v) is 6.53. The van der Waals surface area contributed by atoms with Crippen LogP contribution in [-0.4, -0.2) is 31.9 Å². The Morgan fingerprint density at radius 1 is 0.926 bits per heavy atom. The SMILES string of the molecule is CCCCCOc1ccc(-c2ccc(C(=O)OC(C)COCC)cc2)cc1. The molecule has 0 aromatic heterocycles. The second-order valence-electron chi connectivity index (χ2n) is 6.53. The summed E-state index contributed by atoms with van der Waals surface area (Å²) in [5.74, 6) is 0.558. The third-order valence-corrected chi connectivity index (χ3v) is 4.19. The third-order valence-electron chi connectivity index (χ3n) is 4.19. The number of carbonyl (C=O) groups excluding carboxylic acids is 1. The quantitative estimate of drug-likeness (QED) is 0.387. The molecule has 2 rings (SSSR count). The van der Waals surface area contributed by atoms with E-state index < -0.39 is 0 Å². The van der Waals surface area contributed by atoms with Gasteiger partial charge in [-0.05, 0) is 55.7 Å². The maximum Gasteiger partial charge on any atom is 0.338 e. The molecule has 0 fully saturated rings. The van der Waals surface area contributed by atoms with Crippen LogP contribution in [0.25, 0.3) is 11.1 Å². The van der Waals surface area contributed by atoms with Gasteiger partial charge in [0.15, 0.2) is 0 Å². The van der Waals surface area contributed by atoms with E-state index in [2.05, 4.69) is 6.92 Å². The van der Waals surface area contributed by atoms with Crippen molar-refractivity contribution in [3.63, 3.8) is 0 Å². The first-order valence-corrected chi connectivity index (χ1v) is 9.76. The molecular weight excluding hydrogens is 340 g/mol. The van der Waals surface area contributed by atoms with Crippen molar-refractivity contribution in [1.82, 2.24) is 0 Å². The molecule has 0 saturated heterocycles. The highest BCUT2D eigenvalue weighted by Crippen LogP contribution is 2.23. The van der Waals surface area contributed by atoms with E-state index >= 15 is 0 Å². The Morgan fingerprint density at radius 2 is 1.56 bits per heavy atom. The van der Waals surface area contributed by atoms with Gasteiger partial charge in [0.2, 0.25) is 0 Å². The number of unbranched alkanes of at least 4 members (excludes halogenated alkanes) is 2. The van der Waals surface area contributed by atoms with Gasteiger partial charge in [0.1, 0.15) is 11.9 Å². The van der Waals surface area contributed by atoms with E-state index in [0.717, 1.165) is 29.9 Å². The lowest BCUT2D eigenvalue weighted by atomic mass is 10.0. The normalized spacial score (nSPS) is 11.8. The topological polar surface area (TPSA) is 44.8 Å². The van der Waals surface area contributed by atoms with Crippen LogP contribution in [0.3, 0.4) is 0 Å². The Labute approximate surface area is 162 Å². The lowest BCUT2D eigenvalue weighted by Gasteiger charge is -2.13. The van der Waals surface area contributed by atoms with Gasteiger partial charge < -0.3 is 14.2 Å². The molecule has 2 aromatic carbocycles. The first-order valence-electron chi connectivity index (χ1n) is 9.76. The molecule has 0 spiro atoms. The number of carbonyl (C=O) groups is 1. The van der Waals surface area contributed by atoms with E-state index in [9.17, 15) is 4.79 Å².